The maximum atomic E-state index is 11.0. The molecule has 0 heterocycles. The van der Waals surface area contributed by atoms with Crippen LogP contribution in [0.4, 0.5) is 0 Å². The maximum Gasteiger partial charge on any atom is 0.344 e. The Labute approximate surface area is 99.1 Å². The van der Waals surface area contributed by atoms with Crippen LogP contribution in [0.3, 0.4) is 0 Å². The fraction of sp³-hybridized carbons (Fsp3) is 0.364. The number of carbonyl (C=O) groups excluding carboxylic acids is 1. The average Bonchev–Trinajstić information content (AvgIpc) is 2.18. The Morgan fingerprint density at radius 2 is 1.73 bits per heavy atom. The van der Waals surface area contributed by atoms with Crippen molar-refractivity contribution in [3.63, 3.8) is 0 Å². The summed E-state index contributed by atoms with van der Waals surface area (Å²) >= 11 is 10.7. The molecule has 4 heteroatoms. The van der Waals surface area contributed by atoms with Gasteiger partial charge in [0.15, 0.2) is 0 Å². The van der Waals surface area contributed by atoms with Crippen molar-refractivity contribution in [2.24, 2.45) is 0 Å². The van der Waals surface area contributed by atoms with Crippen LogP contribution in [-0.4, -0.2) is 10.8 Å². The van der Waals surface area contributed by atoms with Gasteiger partial charge in [0.05, 0.1) is 0 Å². The van der Waals surface area contributed by atoms with Crippen LogP contribution in [0.15, 0.2) is 24.3 Å². The number of carbonyl (C=O) groups is 1. The van der Waals surface area contributed by atoms with Crippen molar-refractivity contribution < 1.29 is 9.53 Å². The van der Waals surface area contributed by atoms with E-state index in [0.29, 0.717) is 11.7 Å². The Bertz CT molecular complexity index is 331. The molecule has 0 saturated heterocycles. The smallest absolute Gasteiger partial charge is 0.344 e. The summed E-state index contributed by atoms with van der Waals surface area (Å²) in [6, 6.07) is 7.27. The Morgan fingerprint density at radius 3 is 2.13 bits per heavy atom. The molecule has 0 fully saturated rings. The van der Waals surface area contributed by atoms with E-state index in [2.05, 4.69) is 13.8 Å². The molecule has 0 radical (unpaired) electrons. The van der Waals surface area contributed by atoms with Gasteiger partial charge in [-0.05, 0) is 23.6 Å². The van der Waals surface area contributed by atoms with E-state index in [1.807, 2.05) is 12.1 Å². The third-order valence-electron chi connectivity index (χ3n) is 1.94. The first-order valence-electron chi connectivity index (χ1n) is 4.60. The van der Waals surface area contributed by atoms with Gasteiger partial charge in [0.2, 0.25) is 4.84 Å². The zero-order valence-corrected chi connectivity index (χ0v) is 10.0. The SMILES string of the molecule is CC(C)c1ccc(OC(=O)C(Cl)Cl)cc1. The number of rotatable bonds is 3. The summed E-state index contributed by atoms with van der Waals surface area (Å²) in [6.45, 7) is 4.18. The Hall–Kier alpha value is -0.730. The Balaban J connectivity index is 2.69. The molecule has 1 aromatic rings. The van der Waals surface area contributed by atoms with Crippen molar-refractivity contribution in [1.82, 2.24) is 0 Å². The molecule has 82 valence electrons. The quantitative estimate of drug-likeness (QED) is 0.464. The molecule has 0 N–H and O–H groups in total. The summed E-state index contributed by atoms with van der Waals surface area (Å²) in [7, 11) is 0. The highest BCUT2D eigenvalue weighted by Crippen LogP contribution is 2.19. The summed E-state index contributed by atoms with van der Waals surface area (Å²) in [5.41, 5.74) is 1.18. The van der Waals surface area contributed by atoms with Gasteiger partial charge in [-0.1, -0.05) is 49.2 Å². The number of hydrogen-bond acceptors (Lipinski definition) is 2. The fourth-order valence-electron chi connectivity index (χ4n) is 1.08. The van der Waals surface area contributed by atoms with Crippen LogP contribution < -0.4 is 4.74 Å². The highest BCUT2D eigenvalue weighted by atomic mass is 35.5. The van der Waals surface area contributed by atoms with Crippen LogP contribution in [0.2, 0.25) is 0 Å². The zero-order chi connectivity index (χ0) is 11.4. The zero-order valence-electron chi connectivity index (χ0n) is 8.54. The average molecular weight is 247 g/mol. The number of halogens is 2. The van der Waals surface area contributed by atoms with Crippen molar-refractivity contribution in [3.05, 3.63) is 29.8 Å². The van der Waals surface area contributed by atoms with Gasteiger partial charge in [-0.2, -0.15) is 0 Å². The summed E-state index contributed by atoms with van der Waals surface area (Å²) in [5, 5.41) is 0. The maximum absolute atomic E-state index is 11.0. The van der Waals surface area contributed by atoms with Crippen molar-refractivity contribution in [2.45, 2.75) is 24.6 Å². The Morgan fingerprint density at radius 1 is 1.20 bits per heavy atom. The van der Waals surface area contributed by atoms with Crippen LogP contribution in [0.25, 0.3) is 0 Å². The lowest BCUT2D eigenvalue weighted by atomic mass is 10.0. The first kappa shape index (κ1) is 12.3. The minimum absolute atomic E-state index is 0.448. The standard InChI is InChI=1S/C11H12Cl2O2/c1-7(2)8-3-5-9(6-4-8)15-11(14)10(12)13/h3-7,10H,1-2H3. The summed E-state index contributed by atoms with van der Waals surface area (Å²) in [6.07, 6.45) is 0. The van der Waals surface area contributed by atoms with Crippen LogP contribution in [0.1, 0.15) is 25.3 Å². The van der Waals surface area contributed by atoms with Gasteiger partial charge in [-0.15, -0.1) is 0 Å². The second kappa shape index (κ2) is 5.38. The van der Waals surface area contributed by atoms with Crippen molar-refractivity contribution in [2.75, 3.05) is 0 Å². The molecule has 0 atom stereocenters. The second-order valence-electron chi connectivity index (χ2n) is 3.45. The normalized spacial score (nSPS) is 10.8. The summed E-state index contributed by atoms with van der Waals surface area (Å²) in [5.74, 6) is 0.245. The molecular weight excluding hydrogens is 235 g/mol. The molecule has 0 unspecified atom stereocenters. The highest BCUT2D eigenvalue weighted by molar-refractivity contribution is 6.53. The van der Waals surface area contributed by atoms with E-state index in [1.165, 1.54) is 5.56 Å². The highest BCUT2D eigenvalue weighted by Gasteiger charge is 2.13. The predicted octanol–water partition coefficient (Wildman–Crippen LogP) is 3.52. The van der Waals surface area contributed by atoms with Crippen molar-refractivity contribution in [1.29, 1.82) is 0 Å². The van der Waals surface area contributed by atoms with Gasteiger partial charge in [-0.25, -0.2) is 4.79 Å². The molecule has 0 aromatic heterocycles. The van der Waals surface area contributed by atoms with E-state index in [0.717, 1.165) is 0 Å². The molecule has 0 spiro atoms. The largest absolute Gasteiger partial charge is 0.425 e. The van der Waals surface area contributed by atoms with E-state index in [1.54, 1.807) is 12.1 Å². The number of benzene rings is 1. The minimum Gasteiger partial charge on any atom is -0.425 e. The molecule has 0 amide bonds. The molecule has 2 nitrogen and oxygen atoms in total. The minimum atomic E-state index is -1.14. The number of hydrogen-bond donors (Lipinski definition) is 0. The molecule has 0 aliphatic carbocycles. The molecule has 1 aromatic carbocycles. The van der Waals surface area contributed by atoms with Crippen molar-refractivity contribution in [3.8, 4) is 5.75 Å². The molecule has 0 aliphatic heterocycles. The van der Waals surface area contributed by atoms with Crippen molar-refractivity contribution >= 4 is 29.2 Å². The van der Waals surface area contributed by atoms with Crippen LogP contribution in [0, 0.1) is 0 Å². The molecular formula is C11H12Cl2O2. The molecule has 15 heavy (non-hydrogen) atoms. The molecule has 0 bridgehead atoms. The molecule has 0 saturated carbocycles. The van der Waals surface area contributed by atoms with E-state index in [9.17, 15) is 4.79 Å². The van der Waals surface area contributed by atoms with Gasteiger partial charge in [-0.3, -0.25) is 0 Å². The lowest BCUT2D eigenvalue weighted by Crippen LogP contribution is -2.15. The monoisotopic (exact) mass is 246 g/mol. The van der Waals surface area contributed by atoms with Gasteiger partial charge >= 0.3 is 5.97 Å². The summed E-state index contributed by atoms with van der Waals surface area (Å²) < 4.78 is 4.91. The van der Waals surface area contributed by atoms with Gasteiger partial charge in [0.1, 0.15) is 5.75 Å². The van der Waals surface area contributed by atoms with Crippen LogP contribution in [-0.2, 0) is 4.79 Å². The number of ether oxygens (including phenoxy) is 1. The molecule has 1 rings (SSSR count). The van der Waals surface area contributed by atoms with Gasteiger partial charge < -0.3 is 4.74 Å². The number of alkyl halides is 2. The lowest BCUT2D eigenvalue weighted by molar-refractivity contribution is -0.132. The Kier molecular flexibility index (Phi) is 4.43. The van der Waals surface area contributed by atoms with E-state index in [-0.39, 0.29) is 0 Å². The van der Waals surface area contributed by atoms with Gasteiger partial charge in [0, 0.05) is 0 Å². The number of esters is 1. The van der Waals surface area contributed by atoms with E-state index < -0.39 is 10.8 Å². The predicted molar refractivity (Wildman–Crippen MR) is 61.7 cm³/mol. The molecule has 0 aliphatic rings. The summed E-state index contributed by atoms with van der Waals surface area (Å²) in [4.78, 5) is 9.90. The van der Waals surface area contributed by atoms with Crippen LogP contribution >= 0.6 is 23.2 Å². The lowest BCUT2D eigenvalue weighted by Gasteiger charge is -2.07. The second-order valence-corrected chi connectivity index (χ2v) is 4.54. The van der Waals surface area contributed by atoms with Crippen LogP contribution in [0.5, 0.6) is 5.75 Å². The van der Waals surface area contributed by atoms with Gasteiger partial charge in [0.25, 0.3) is 0 Å². The van der Waals surface area contributed by atoms with E-state index in [4.69, 9.17) is 27.9 Å². The third-order valence-corrected chi connectivity index (χ3v) is 2.30. The fourth-order valence-corrected chi connectivity index (χ4v) is 1.17. The first-order chi connectivity index (χ1) is 7.00. The third kappa shape index (κ3) is 3.73. The van der Waals surface area contributed by atoms with E-state index >= 15 is 0 Å². The first-order valence-corrected chi connectivity index (χ1v) is 5.48. The topological polar surface area (TPSA) is 26.3 Å².